The minimum Gasteiger partial charge on any atom is -0.370 e. The molecule has 2 fully saturated rings. The number of nitrogens with zero attached hydrogens (tertiary/aromatic N) is 2. The van der Waals surface area contributed by atoms with E-state index < -0.39 is 0 Å². The second-order valence-corrected chi connectivity index (χ2v) is 8.26. The number of thiophene rings is 1. The molecule has 1 saturated carbocycles. The van der Waals surface area contributed by atoms with Crippen LogP contribution in [0.2, 0.25) is 0 Å². The van der Waals surface area contributed by atoms with Crippen LogP contribution in [0.1, 0.15) is 37.0 Å². The molecular weight excluding hydrogens is 425 g/mol. The lowest BCUT2D eigenvalue weighted by molar-refractivity contribution is 0.305. The molecule has 22 heavy (non-hydrogen) atoms. The second kappa shape index (κ2) is 8.78. The average molecular weight is 451 g/mol. The predicted octanol–water partition coefficient (Wildman–Crippen LogP) is 3.93. The van der Waals surface area contributed by atoms with Gasteiger partial charge in [-0.15, -0.1) is 35.3 Å². The van der Waals surface area contributed by atoms with E-state index in [0.29, 0.717) is 0 Å². The third kappa shape index (κ3) is 4.32. The third-order valence-corrected chi connectivity index (χ3v) is 6.79. The first-order valence-electron chi connectivity index (χ1n) is 7.97. The van der Waals surface area contributed by atoms with Gasteiger partial charge in [-0.2, -0.15) is 11.8 Å². The van der Waals surface area contributed by atoms with E-state index in [4.69, 9.17) is 10.7 Å². The minimum absolute atomic E-state index is 0. The first-order valence-corrected chi connectivity index (χ1v) is 10.0. The van der Waals surface area contributed by atoms with Crippen molar-refractivity contribution in [3.8, 4) is 0 Å². The van der Waals surface area contributed by atoms with Gasteiger partial charge in [0, 0.05) is 34.9 Å². The topological polar surface area (TPSA) is 41.6 Å². The lowest BCUT2D eigenvalue weighted by atomic mass is 9.73. The maximum absolute atomic E-state index is 6.25. The van der Waals surface area contributed by atoms with Crippen molar-refractivity contribution >= 4 is 53.0 Å². The second-order valence-electron chi connectivity index (χ2n) is 6.09. The summed E-state index contributed by atoms with van der Waals surface area (Å²) in [7, 11) is 0. The maximum atomic E-state index is 6.25. The molecule has 1 aliphatic heterocycles. The number of hydrogen-bond donors (Lipinski definition) is 1. The zero-order chi connectivity index (χ0) is 14.5. The van der Waals surface area contributed by atoms with Crippen LogP contribution in [0.25, 0.3) is 0 Å². The number of guanidine groups is 1. The zero-order valence-corrected chi connectivity index (χ0v) is 17.0. The molecule has 0 bridgehead atoms. The Kier molecular flexibility index (Phi) is 7.34. The van der Waals surface area contributed by atoms with E-state index in [0.717, 1.165) is 25.6 Å². The van der Waals surface area contributed by atoms with E-state index in [1.54, 1.807) is 0 Å². The lowest BCUT2D eigenvalue weighted by Gasteiger charge is -2.36. The van der Waals surface area contributed by atoms with E-state index in [1.807, 2.05) is 23.1 Å². The Balaban J connectivity index is 0.00000176. The smallest absolute Gasteiger partial charge is 0.191 e. The highest BCUT2D eigenvalue weighted by molar-refractivity contribution is 14.0. The number of thioether (sulfide) groups is 1. The van der Waals surface area contributed by atoms with Gasteiger partial charge in [0.2, 0.25) is 0 Å². The van der Waals surface area contributed by atoms with Gasteiger partial charge in [-0.25, -0.2) is 0 Å². The van der Waals surface area contributed by atoms with Crippen molar-refractivity contribution in [3.63, 3.8) is 0 Å². The van der Waals surface area contributed by atoms with Crippen LogP contribution in [0.3, 0.4) is 0 Å². The molecule has 2 heterocycles. The molecule has 0 amide bonds. The van der Waals surface area contributed by atoms with Gasteiger partial charge in [-0.05, 0) is 24.3 Å². The molecule has 0 radical (unpaired) electrons. The number of hydrogen-bond acceptors (Lipinski definition) is 3. The van der Waals surface area contributed by atoms with Gasteiger partial charge in [0.25, 0.3) is 0 Å². The Morgan fingerprint density at radius 2 is 1.95 bits per heavy atom. The number of aliphatic imine (C=N–C) groups is 1. The summed E-state index contributed by atoms with van der Waals surface area (Å²) in [5.41, 5.74) is 6.50. The van der Waals surface area contributed by atoms with Crippen LogP contribution in [0.5, 0.6) is 0 Å². The Morgan fingerprint density at radius 3 is 2.59 bits per heavy atom. The Labute approximate surface area is 159 Å². The summed E-state index contributed by atoms with van der Waals surface area (Å²) < 4.78 is 0. The molecule has 2 N–H and O–H groups in total. The van der Waals surface area contributed by atoms with Gasteiger partial charge >= 0.3 is 0 Å². The van der Waals surface area contributed by atoms with Gasteiger partial charge in [-0.1, -0.05) is 25.3 Å². The van der Waals surface area contributed by atoms with Crippen LogP contribution in [-0.4, -0.2) is 42.0 Å². The first-order chi connectivity index (χ1) is 10.3. The molecule has 1 aliphatic carbocycles. The van der Waals surface area contributed by atoms with Crippen LogP contribution in [-0.2, 0) is 5.41 Å². The highest BCUT2D eigenvalue weighted by atomic mass is 127. The fourth-order valence-electron chi connectivity index (χ4n) is 3.42. The summed E-state index contributed by atoms with van der Waals surface area (Å²) in [6.07, 6.45) is 6.55. The number of rotatable bonds is 3. The van der Waals surface area contributed by atoms with E-state index in [-0.39, 0.29) is 29.4 Å². The number of halogens is 1. The Morgan fingerprint density at radius 1 is 1.23 bits per heavy atom. The van der Waals surface area contributed by atoms with Crippen molar-refractivity contribution in [2.75, 3.05) is 31.1 Å². The van der Waals surface area contributed by atoms with Crippen molar-refractivity contribution in [1.82, 2.24) is 4.90 Å². The number of nitrogens with two attached hydrogens (primary N) is 1. The van der Waals surface area contributed by atoms with Gasteiger partial charge in [0.15, 0.2) is 5.96 Å². The van der Waals surface area contributed by atoms with E-state index in [2.05, 4.69) is 22.4 Å². The van der Waals surface area contributed by atoms with Gasteiger partial charge < -0.3 is 10.6 Å². The van der Waals surface area contributed by atoms with Crippen molar-refractivity contribution in [2.24, 2.45) is 10.7 Å². The van der Waals surface area contributed by atoms with Crippen molar-refractivity contribution in [1.29, 1.82) is 0 Å². The van der Waals surface area contributed by atoms with Gasteiger partial charge in [0.1, 0.15) is 0 Å². The molecule has 3 rings (SSSR count). The van der Waals surface area contributed by atoms with Crippen molar-refractivity contribution in [2.45, 2.75) is 37.5 Å². The van der Waals surface area contributed by atoms with E-state index in [1.165, 1.54) is 48.5 Å². The third-order valence-electron chi connectivity index (χ3n) is 4.73. The zero-order valence-electron chi connectivity index (χ0n) is 13.0. The molecule has 1 aromatic heterocycles. The van der Waals surface area contributed by atoms with Gasteiger partial charge in [-0.3, -0.25) is 4.99 Å². The lowest BCUT2D eigenvalue weighted by Crippen LogP contribution is -2.43. The first kappa shape index (κ1) is 18.4. The standard InChI is InChI=1S/C16H25N3S2.HI/c17-15(19-8-11-20-12-9-19)18-13-16(6-2-1-3-7-16)14-5-4-10-21-14;/h4-5,10H,1-3,6-9,11-13H2,(H2,17,18);1H. The summed E-state index contributed by atoms with van der Waals surface area (Å²) in [6.45, 7) is 2.96. The summed E-state index contributed by atoms with van der Waals surface area (Å²) in [4.78, 5) is 8.58. The highest BCUT2D eigenvalue weighted by Gasteiger charge is 2.34. The molecule has 124 valence electrons. The molecule has 1 saturated heterocycles. The Hall–Kier alpha value is 0.0500. The molecule has 0 atom stereocenters. The molecular formula is C16H26IN3S2. The van der Waals surface area contributed by atoms with Crippen LogP contribution < -0.4 is 5.73 Å². The summed E-state index contributed by atoms with van der Waals surface area (Å²) >= 11 is 3.90. The SMILES string of the molecule is I.NC(=NCC1(c2cccs2)CCCCC1)N1CCSCC1. The fraction of sp³-hybridized carbons (Fsp3) is 0.688. The summed E-state index contributed by atoms with van der Waals surface area (Å²) in [6, 6.07) is 4.46. The Bertz CT molecular complexity index is 464. The van der Waals surface area contributed by atoms with E-state index in [9.17, 15) is 0 Å². The highest BCUT2D eigenvalue weighted by Crippen LogP contribution is 2.41. The monoisotopic (exact) mass is 451 g/mol. The van der Waals surface area contributed by atoms with Gasteiger partial charge in [0.05, 0.1) is 6.54 Å². The van der Waals surface area contributed by atoms with Crippen LogP contribution >= 0.6 is 47.1 Å². The molecule has 0 spiro atoms. The fourth-order valence-corrected chi connectivity index (χ4v) is 5.30. The molecule has 3 nitrogen and oxygen atoms in total. The molecule has 6 heteroatoms. The quantitative estimate of drug-likeness (QED) is 0.430. The summed E-state index contributed by atoms with van der Waals surface area (Å²) in [5.74, 6) is 3.11. The summed E-state index contributed by atoms with van der Waals surface area (Å²) in [5, 5.41) is 2.20. The normalized spacial score (nSPS) is 22.2. The minimum atomic E-state index is 0. The maximum Gasteiger partial charge on any atom is 0.191 e. The van der Waals surface area contributed by atoms with Crippen LogP contribution in [0.15, 0.2) is 22.5 Å². The van der Waals surface area contributed by atoms with Crippen molar-refractivity contribution in [3.05, 3.63) is 22.4 Å². The molecule has 1 aromatic rings. The van der Waals surface area contributed by atoms with Crippen LogP contribution in [0, 0.1) is 0 Å². The molecule has 2 aliphatic rings. The van der Waals surface area contributed by atoms with E-state index >= 15 is 0 Å². The molecule has 0 aromatic carbocycles. The van der Waals surface area contributed by atoms with Crippen molar-refractivity contribution < 1.29 is 0 Å². The predicted molar refractivity (Wildman–Crippen MR) is 110 cm³/mol. The largest absolute Gasteiger partial charge is 0.370 e. The van der Waals surface area contributed by atoms with Crippen LogP contribution in [0.4, 0.5) is 0 Å². The molecule has 0 unspecified atom stereocenters. The average Bonchev–Trinajstić information content (AvgIpc) is 3.09.